The minimum Gasteiger partial charge on any atom is -0.469 e. The number of primary amides is 1. The molecule has 2 rings (SSSR count). The normalized spacial score (nSPS) is 10.6. The lowest BCUT2D eigenvalue weighted by molar-refractivity contribution is -0.140. The Labute approximate surface area is 129 Å². The molecule has 2 N–H and O–H groups in total. The highest BCUT2D eigenvalue weighted by atomic mass is 79.9. The molecule has 112 valence electrons. The molecule has 0 atom stereocenters. The zero-order valence-corrected chi connectivity index (χ0v) is 13.3. The molecule has 1 heterocycles. The number of nitrogens with two attached hydrogens (primary N) is 1. The van der Waals surface area contributed by atoms with E-state index < -0.39 is 12.0 Å². The Balaban J connectivity index is 2.41. The van der Waals surface area contributed by atoms with Gasteiger partial charge in [-0.25, -0.2) is 4.79 Å². The van der Waals surface area contributed by atoms with Crippen LogP contribution in [0.15, 0.2) is 22.7 Å². The zero-order chi connectivity index (χ0) is 15.6. The van der Waals surface area contributed by atoms with E-state index in [4.69, 9.17) is 5.73 Å². The zero-order valence-electron chi connectivity index (χ0n) is 11.7. The minimum atomic E-state index is -0.665. The third-order valence-corrected chi connectivity index (χ3v) is 3.58. The van der Waals surface area contributed by atoms with Gasteiger partial charge in [0.2, 0.25) is 0 Å². The fourth-order valence-electron chi connectivity index (χ4n) is 2.04. The van der Waals surface area contributed by atoms with Gasteiger partial charge < -0.3 is 10.5 Å². The van der Waals surface area contributed by atoms with Gasteiger partial charge in [0.25, 0.3) is 0 Å². The number of rotatable bonds is 4. The Kier molecular flexibility index (Phi) is 4.46. The monoisotopic (exact) mass is 354 g/mol. The van der Waals surface area contributed by atoms with E-state index >= 15 is 0 Å². The van der Waals surface area contributed by atoms with Crippen LogP contribution in [0.2, 0.25) is 0 Å². The van der Waals surface area contributed by atoms with E-state index in [1.165, 1.54) is 12.0 Å². The first-order valence-corrected chi connectivity index (χ1v) is 6.99. The second-order valence-corrected chi connectivity index (χ2v) is 5.34. The first-order chi connectivity index (χ1) is 9.93. The summed E-state index contributed by atoms with van der Waals surface area (Å²) in [7, 11) is 3.07. The average molecular weight is 355 g/mol. The molecule has 0 aliphatic rings. The molecule has 2 amide bonds. The van der Waals surface area contributed by atoms with E-state index in [1.807, 2.05) is 18.2 Å². The Morgan fingerprint density at radius 1 is 1.48 bits per heavy atom. The molecule has 8 heteroatoms. The number of amides is 2. The smallest absolute Gasteiger partial charge is 0.320 e. The van der Waals surface area contributed by atoms with Crippen LogP contribution in [0.3, 0.4) is 0 Å². The summed E-state index contributed by atoms with van der Waals surface area (Å²) < 4.78 is 7.14. The van der Waals surface area contributed by atoms with E-state index in [9.17, 15) is 9.59 Å². The van der Waals surface area contributed by atoms with Crippen LogP contribution < -0.4 is 10.6 Å². The average Bonchev–Trinajstić information content (AvgIpc) is 2.75. The molecular weight excluding hydrogens is 340 g/mol. The fourth-order valence-corrected chi connectivity index (χ4v) is 2.39. The summed E-state index contributed by atoms with van der Waals surface area (Å²) in [6.07, 6.45) is 0.0496. The Bertz CT molecular complexity index is 698. The number of fused-ring (bicyclic) bond motifs is 1. The molecule has 0 spiro atoms. The summed E-state index contributed by atoms with van der Waals surface area (Å²) in [6.45, 7) is 0.115. The van der Waals surface area contributed by atoms with Crippen molar-refractivity contribution in [3.05, 3.63) is 22.7 Å². The quantitative estimate of drug-likeness (QED) is 0.847. The molecule has 0 radical (unpaired) electrons. The van der Waals surface area contributed by atoms with Crippen LogP contribution in [0.5, 0.6) is 0 Å². The highest BCUT2D eigenvalue weighted by Crippen LogP contribution is 2.28. The lowest BCUT2D eigenvalue weighted by Crippen LogP contribution is -2.38. The molecule has 0 aliphatic heterocycles. The van der Waals surface area contributed by atoms with Crippen molar-refractivity contribution in [3.63, 3.8) is 0 Å². The molecular formula is C13H15BrN4O3. The number of aromatic nitrogens is 2. The number of ether oxygens (including phenoxy) is 1. The predicted octanol–water partition coefficient (Wildman–Crippen LogP) is 1.78. The summed E-state index contributed by atoms with van der Waals surface area (Å²) in [6, 6.07) is 4.93. The van der Waals surface area contributed by atoms with Crippen molar-refractivity contribution in [1.29, 1.82) is 0 Å². The SMILES string of the molecule is COC(=O)CCN(C(N)=O)c1nn(C)c2cc(Br)ccc12. The van der Waals surface area contributed by atoms with Crippen LogP contribution in [0, 0.1) is 0 Å². The first kappa shape index (κ1) is 15.3. The van der Waals surface area contributed by atoms with Crippen molar-refractivity contribution in [2.24, 2.45) is 12.8 Å². The molecule has 0 fully saturated rings. The number of methoxy groups -OCH3 is 1. The van der Waals surface area contributed by atoms with E-state index in [-0.39, 0.29) is 13.0 Å². The van der Waals surface area contributed by atoms with Gasteiger partial charge in [0.15, 0.2) is 5.82 Å². The third kappa shape index (κ3) is 3.15. The van der Waals surface area contributed by atoms with E-state index in [0.717, 1.165) is 15.4 Å². The summed E-state index contributed by atoms with van der Waals surface area (Å²) >= 11 is 3.39. The number of nitrogens with zero attached hydrogens (tertiary/aromatic N) is 3. The minimum absolute atomic E-state index is 0.0496. The number of hydrogen-bond donors (Lipinski definition) is 1. The van der Waals surface area contributed by atoms with Crippen LogP contribution in [-0.4, -0.2) is 35.4 Å². The van der Waals surface area contributed by atoms with Gasteiger partial charge in [0, 0.05) is 23.5 Å². The molecule has 0 unspecified atom stereocenters. The Morgan fingerprint density at radius 2 is 2.19 bits per heavy atom. The Morgan fingerprint density at radius 3 is 2.81 bits per heavy atom. The van der Waals surface area contributed by atoms with Gasteiger partial charge in [-0.05, 0) is 18.2 Å². The van der Waals surface area contributed by atoms with E-state index in [1.54, 1.807) is 11.7 Å². The number of urea groups is 1. The van der Waals surface area contributed by atoms with Crippen LogP contribution in [0.1, 0.15) is 6.42 Å². The summed E-state index contributed by atoms with van der Waals surface area (Å²) in [5, 5.41) is 5.11. The van der Waals surface area contributed by atoms with E-state index in [0.29, 0.717) is 5.82 Å². The van der Waals surface area contributed by atoms with Crippen molar-refractivity contribution in [1.82, 2.24) is 9.78 Å². The maximum atomic E-state index is 11.7. The highest BCUT2D eigenvalue weighted by Gasteiger charge is 2.21. The van der Waals surface area contributed by atoms with E-state index in [2.05, 4.69) is 25.8 Å². The van der Waals surface area contributed by atoms with Crippen molar-refractivity contribution < 1.29 is 14.3 Å². The Hall–Kier alpha value is -2.09. The molecule has 0 saturated heterocycles. The summed E-state index contributed by atoms with van der Waals surface area (Å²) in [5.74, 6) is 0.0145. The molecule has 0 aliphatic carbocycles. The van der Waals surface area contributed by atoms with Gasteiger partial charge in [0.05, 0.1) is 19.0 Å². The highest BCUT2D eigenvalue weighted by molar-refractivity contribution is 9.10. The largest absolute Gasteiger partial charge is 0.469 e. The molecule has 0 bridgehead atoms. The van der Waals surface area contributed by atoms with Gasteiger partial charge in [-0.2, -0.15) is 5.10 Å². The molecule has 2 aromatic rings. The number of carbonyl (C=O) groups is 2. The molecule has 7 nitrogen and oxygen atoms in total. The predicted molar refractivity (Wildman–Crippen MR) is 82.0 cm³/mol. The van der Waals surface area contributed by atoms with Crippen molar-refractivity contribution in [3.8, 4) is 0 Å². The second kappa shape index (κ2) is 6.13. The van der Waals surface area contributed by atoms with Crippen molar-refractivity contribution in [2.45, 2.75) is 6.42 Å². The fraction of sp³-hybridized carbons (Fsp3) is 0.308. The maximum Gasteiger partial charge on any atom is 0.320 e. The number of carbonyl (C=O) groups excluding carboxylic acids is 2. The number of esters is 1. The van der Waals surface area contributed by atoms with Crippen LogP contribution in [0.25, 0.3) is 10.9 Å². The van der Waals surface area contributed by atoms with Gasteiger partial charge in [-0.15, -0.1) is 0 Å². The molecule has 21 heavy (non-hydrogen) atoms. The van der Waals surface area contributed by atoms with Crippen molar-refractivity contribution in [2.75, 3.05) is 18.6 Å². The maximum absolute atomic E-state index is 11.7. The molecule has 0 saturated carbocycles. The third-order valence-electron chi connectivity index (χ3n) is 3.08. The first-order valence-electron chi connectivity index (χ1n) is 6.20. The van der Waals surface area contributed by atoms with Gasteiger partial charge in [-0.3, -0.25) is 14.4 Å². The second-order valence-electron chi connectivity index (χ2n) is 4.42. The number of halogens is 1. The van der Waals surface area contributed by atoms with Gasteiger partial charge in [-0.1, -0.05) is 15.9 Å². The van der Waals surface area contributed by atoms with Crippen LogP contribution in [-0.2, 0) is 16.6 Å². The summed E-state index contributed by atoms with van der Waals surface area (Å²) in [4.78, 5) is 24.2. The van der Waals surface area contributed by atoms with Gasteiger partial charge in [0.1, 0.15) is 0 Å². The lowest BCUT2D eigenvalue weighted by atomic mass is 10.2. The lowest BCUT2D eigenvalue weighted by Gasteiger charge is -2.17. The topological polar surface area (TPSA) is 90.4 Å². The van der Waals surface area contributed by atoms with Crippen molar-refractivity contribution >= 4 is 44.7 Å². The van der Waals surface area contributed by atoms with Gasteiger partial charge >= 0.3 is 12.0 Å². The van der Waals surface area contributed by atoms with Crippen LogP contribution >= 0.6 is 15.9 Å². The molecule has 1 aromatic heterocycles. The number of hydrogen-bond acceptors (Lipinski definition) is 4. The van der Waals surface area contributed by atoms with Crippen LogP contribution in [0.4, 0.5) is 10.6 Å². The standard InChI is InChI=1S/C13H15BrN4O3/c1-17-10-7-8(14)3-4-9(10)12(16-17)18(13(15)20)6-5-11(19)21-2/h3-4,7H,5-6H2,1-2H3,(H2,15,20). The number of benzene rings is 1. The number of anilines is 1. The summed E-state index contributed by atoms with van der Waals surface area (Å²) in [5.41, 5.74) is 6.25. The number of aryl methyl sites for hydroxylation is 1. The molecule has 1 aromatic carbocycles.